The predicted octanol–water partition coefficient (Wildman–Crippen LogP) is 1.74. The molecule has 4 nitrogen and oxygen atoms in total. The van der Waals surface area contributed by atoms with Crippen LogP contribution in [0.25, 0.3) is 0 Å². The van der Waals surface area contributed by atoms with E-state index in [1.54, 1.807) is 11.3 Å². The van der Waals surface area contributed by atoms with Crippen LogP contribution in [0.3, 0.4) is 0 Å². The summed E-state index contributed by atoms with van der Waals surface area (Å²) in [6.45, 7) is 4.45. The molecule has 3 rings (SSSR count). The quantitative estimate of drug-likeness (QED) is 0.845. The molecule has 0 aromatic carbocycles. The van der Waals surface area contributed by atoms with Crippen LogP contribution >= 0.6 is 11.3 Å². The SMILES string of the molecule is O=C(CN1CCC[C@@H]1c1ccsc1)N1CCOCC1. The highest BCUT2D eigenvalue weighted by Gasteiger charge is 2.29. The topological polar surface area (TPSA) is 32.8 Å². The Bertz CT molecular complexity index is 415. The predicted molar refractivity (Wildman–Crippen MR) is 75.3 cm³/mol. The fourth-order valence-electron chi connectivity index (χ4n) is 2.94. The molecule has 0 spiro atoms. The number of amides is 1. The molecule has 2 saturated heterocycles. The van der Waals surface area contributed by atoms with Crippen LogP contribution in [0.5, 0.6) is 0 Å². The van der Waals surface area contributed by atoms with E-state index in [0.29, 0.717) is 25.8 Å². The Morgan fingerprint density at radius 2 is 2.21 bits per heavy atom. The molecule has 104 valence electrons. The van der Waals surface area contributed by atoms with Crippen molar-refractivity contribution in [3.63, 3.8) is 0 Å². The largest absolute Gasteiger partial charge is 0.378 e. The van der Waals surface area contributed by atoms with Crippen LogP contribution in [0.1, 0.15) is 24.4 Å². The summed E-state index contributed by atoms with van der Waals surface area (Å²) in [6.07, 6.45) is 2.37. The number of likely N-dealkylation sites (tertiary alicyclic amines) is 1. The van der Waals surface area contributed by atoms with Crippen molar-refractivity contribution in [1.29, 1.82) is 0 Å². The van der Waals surface area contributed by atoms with Gasteiger partial charge in [0.05, 0.1) is 19.8 Å². The van der Waals surface area contributed by atoms with Gasteiger partial charge in [-0.15, -0.1) is 0 Å². The van der Waals surface area contributed by atoms with Crippen molar-refractivity contribution >= 4 is 17.2 Å². The Balaban J connectivity index is 1.60. The lowest BCUT2D eigenvalue weighted by molar-refractivity contribution is -0.136. The number of carbonyl (C=O) groups excluding carboxylic acids is 1. The zero-order valence-electron chi connectivity index (χ0n) is 11.1. The highest BCUT2D eigenvalue weighted by atomic mass is 32.1. The van der Waals surface area contributed by atoms with Crippen molar-refractivity contribution in [2.45, 2.75) is 18.9 Å². The number of hydrogen-bond acceptors (Lipinski definition) is 4. The second kappa shape index (κ2) is 6.03. The molecule has 2 fully saturated rings. The Morgan fingerprint density at radius 1 is 1.37 bits per heavy atom. The second-order valence-electron chi connectivity index (χ2n) is 5.18. The number of carbonyl (C=O) groups is 1. The molecule has 0 unspecified atom stereocenters. The van der Waals surface area contributed by atoms with Crippen molar-refractivity contribution in [3.8, 4) is 0 Å². The van der Waals surface area contributed by atoms with Crippen LogP contribution < -0.4 is 0 Å². The third-order valence-corrected chi connectivity index (χ3v) is 4.70. The van der Waals surface area contributed by atoms with E-state index in [9.17, 15) is 4.79 Å². The molecule has 1 aromatic rings. The molecule has 0 radical (unpaired) electrons. The molecule has 0 saturated carbocycles. The minimum atomic E-state index is 0.255. The van der Waals surface area contributed by atoms with Crippen LogP contribution in [0, 0.1) is 0 Å². The first-order chi connectivity index (χ1) is 9.34. The van der Waals surface area contributed by atoms with Crippen LogP contribution in [0.2, 0.25) is 0 Å². The summed E-state index contributed by atoms with van der Waals surface area (Å²) in [5.74, 6) is 0.255. The van der Waals surface area contributed by atoms with Crippen molar-refractivity contribution in [2.24, 2.45) is 0 Å². The van der Waals surface area contributed by atoms with Gasteiger partial charge in [-0.2, -0.15) is 11.3 Å². The smallest absolute Gasteiger partial charge is 0.236 e. The van der Waals surface area contributed by atoms with Crippen LogP contribution in [-0.2, 0) is 9.53 Å². The molecule has 3 heterocycles. The number of rotatable bonds is 3. The maximum atomic E-state index is 12.3. The zero-order chi connectivity index (χ0) is 13.1. The Hall–Kier alpha value is -0.910. The molecular formula is C14H20N2O2S. The van der Waals surface area contributed by atoms with Gasteiger partial charge in [0.25, 0.3) is 0 Å². The first kappa shape index (κ1) is 13.1. The minimum Gasteiger partial charge on any atom is -0.378 e. The average Bonchev–Trinajstić information content (AvgIpc) is 3.10. The zero-order valence-corrected chi connectivity index (χ0v) is 11.9. The summed E-state index contributed by atoms with van der Waals surface area (Å²) >= 11 is 1.74. The molecule has 2 aliphatic rings. The van der Waals surface area contributed by atoms with Gasteiger partial charge < -0.3 is 9.64 Å². The summed E-state index contributed by atoms with van der Waals surface area (Å²) in [5, 5.41) is 4.33. The van der Waals surface area contributed by atoms with E-state index in [2.05, 4.69) is 21.7 Å². The third-order valence-electron chi connectivity index (χ3n) is 3.99. The third kappa shape index (κ3) is 2.99. The van der Waals surface area contributed by atoms with E-state index >= 15 is 0 Å². The fraction of sp³-hybridized carbons (Fsp3) is 0.643. The normalized spacial score (nSPS) is 24.8. The van der Waals surface area contributed by atoms with Gasteiger partial charge in [0.2, 0.25) is 5.91 Å². The molecule has 0 N–H and O–H groups in total. The number of morpholine rings is 1. The van der Waals surface area contributed by atoms with Crippen LogP contribution in [0.15, 0.2) is 16.8 Å². The van der Waals surface area contributed by atoms with Gasteiger partial charge in [-0.1, -0.05) is 0 Å². The van der Waals surface area contributed by atoms with Gasteiger partial charge in [-0.25, -0.2) is 0 Å². The molecule has 0 bridgehead atoms. The standard InChI is InChI=1S/C14H20N2O2S/c17-14(15-5-7-18-8-6-15)10-16-4-1-2-13(16)12-3-9-19-11-12/h3,9,11,13H,1-2,4-8,10H2/t13-/m1/s1. The minimum absolute atomic E-state index is 0.255. The van der Waals surface area contributed by atoms with Crippen molar-refractivity contribution in [3.05, 3.63) is 22.4 Å². The first-order valence-corrected chi connectivity index (χ1v) is 7.90. The van der Waals surface area contributed by atoms with Crippen molar-refractivity contribution in [1.82, 2.24) is 9.80 Å². The van der Waals surface area contributed by atoms with E-state index in [0.717, 1.165) is 19.6 Å². The molecule has 1 atom stereocenters. The van der Waals surface area contributed by atoms with Crippen molar-refractivity contribution < 1.29 is 9.53 Å². The second-order valence-corrected chi connectivity index (χ2v) is 5.96. The average molecular weight is 280 g/mol. The van der Waals surface area contributed by atoms with Crippen LogP contribution in [0.4, 0.5) is 0 Å². The highest BCUT2D eigenvalue weighted by Crippen LogP contribution is 2.32. The van der Waals surface area contributed by atoms with E-state index < -0.39 is 0 Å². The van der Waals surface area contributed by atoms with Gasteiger partial charge in [-0.05, 0) is 41.8 Å². The van der Waals surface area contributed by atoms with E-state index in [1.165, 1.54) is 18.4 Å². The number of nitrogens with zero attached hydrogens (tertiary/aromatic N) is 2. The first-order valence-electron chi connectivity index (χ1n) is 6.96. The van der Waals surface area contributed by atoms with E-state index in [1.807, 2.05) is 4.90 Å². The monoisotopic (exact) mass is 280 g/mol. The Morgan fingerprint density at radius 3 is 2.95 bits per heavy atom. The van der Waals surface area contributed by atoms with Gasteiger partial charge in [0.1, 0.15) is 0 Å². The number of hydrogen-bond donors (Lipinski definition) is 0. The molecule has 2 aliphatic heterocycles. The molecule has 5 heteroatoms. The lowest BCUT2D eigenvalue weighted by Crippen LogP contribution is -2.45. The summed E-state index contributed by atoms with van der Waals surface area (Å²) in [6, 6.07) is 2.63. The van der Waals surface area contributed by atoms with E-state index in [-0.39, 0.29) is 5.91 Å². The molecule has 0 aliphatic carbocycles. The summed E-state index contributed by atoms with van der Waals surface area (Å²) < 4.78 is 5.29. The Labute approximate surface area is 118 Å². The van der Waals surface area contributed by atoms with Crippen LogP contribution in [-0.4, -0.2) is 55.1 Å². The summed E-state index contributed by atoms with van der Waals surface area (Å²) in [5.41, 5.74) is 1.37. The van der Waals surface area contributed by atoms with Crippen molar-refractivity contribution in [2.75, 3.05) is 39.4 Å². The van der Waals surface area contributed by atoms with Gasteiger partial charge in [0.15, 0.2) is 0 Å². The van der Waals surface area contributed by atoms with Gasteiger partial charge >= 0.3 is 0 Å². The lowest BCUT2D eigenvalue weighted by Gasteiger charge is -2.30. The van der Waals surface area contributed by atoms with Gasteiger partial charge in [-0.3, -0.25) is 9.69 Å². The molecule has 1 aromatic heterocycles. The Kier molecular flexibility index (Phi) is 4.15. The fourth-order valence-corrected chi connectivity index (χ4v) is 3.65. The highest BCUT2D eigenvalue weighted by molar-refractivity contribution is 7.07. The maximum Gasteiger partial charge on any atom is 0.236 e. The molecule has 19 heavy (non-hydrogen) atoms. The number of ether oxygens (including phenoxy) is 1. The van der Waals surface area contributed by atoms with E-state index in [4.69, 9.17) is 4.74 Å². The molecular weight excluding hydrogens is 260 g/mol. The van der Waals surface area contributed by atoms with Gasteiger partial charge in [0, 0.05) is 19.1 Å². The lowest BCUT2D eigenvalue weighted by atomic mass is 10.1. The number of thiophene rings is 1. The molecule has 1 amide bonds. The summed E-state index contributed by atoms with van der Waals surface area (Å²) in [4.78, 5) is 16.6. The summed E-state index contributed by atoms with van der Waals surface area (Å²) in [7, 11) is 0. The maximum absolute atomic E-state index is 12.3.